The van der Waals surface area contributed by atoms with Crippen LogP contribution in [0.4, 0.5) is 4.39 Å². The van der Waals surface area contributed by atoms with Crippen LogP contribution >= 0.6 is 0 Å². The Hall–Kier alpha value is -2.82. The summed E-state index contributed by atoms with van der Waals surface area (Å²) in [6, 6.07) is 12.7. The lowest BCUT2D eigenvalue weighted by Gasteiger charge is -2.26. The summed E-state index contributed by atoms with van der Waals surface area (Å²) < 4.78 is 45.9. The van der Waals surface area contributed by atoms with Gasteiger partial charge in [-0.25, -0.2) is 12.8 Å². The van der Waals surface area contributed by atoms with Gasteiger partial charge in [-0.1, -0.05) is 30.3 Å². The molecule has 0 aromatic heterocycles. The second kappa shape index (κ2) is 10.5. The number of hydrogen-bond acceptors (Lipinski definition) is 5. The van der Waals surface area contributed by atoms with E-state index in [1.54, 1.807) is 0 Å². The van der Waals surface area contributed by atoms with E-state index in [4.69, 9.17) is 4.74 Å². The SMILES string of the molecule is O=C(CNC(=O)c1ccc(F)c(S(=O)(=O)N2CCOCC2)c1)NCCc1ccccc1. The zero-order chi connectivity index (χ0) is 22.3. The minimum absolute atomic E-state index is 0.0506. The van der Waals surface area contributed by atoms with Gasteiger partial charge in [0.1, 0.15) is 10.7 Å². The van der Waals surface area contributed by atoms with Gasteiger partial charge in [0.05, 0.1) is 19.8 Å². The van der Waals surface area contributed by atoms with Crippen molar-refractivity contribution in [2.24, 2.45) is 0 Å². The van der Waals surface area contributed by atoms with Gasteiger partial charge in [-0.3, -0.25) is 9.59 Å². The highest BCUT2D eigenvalue weighted by Crippen LogP contribution is 2.21. The van der Waals surface area contributed by atoms with E-state index >= 15 is 0 Å². The largest absolute Gasteiger partial charge is 0.379 e. The highest BCUT2D eigenvalue weighted by atomic mass is 32.2. The van der Waals surface area contributed by atoms with Crippen molar-refractivity contribution in [3.63, 3.8) is 0 Å². The molecule has 0 bridgehead atoms. The van der Waals surface area contributed by atoms with Crippen LogP contribution in [0.2, 0.25) is 0 Å². The molecule has 1 saturated heterocycles. The van der Waals surface area contributed by atoms with Gasteiger partial charge in [-0.15, -0.1) is 0 Å². The molecule has 1 aliphatic heterocycles. The van der Waals surface area contributed by atoms with Crippen LogP contribution in [0.25, 0.3) is 0 Å². The van der Waals surface area contributed by atoms with Crippen LogP contribution in [0.3, 0.4) is 0 Å². The Morgan fingerprint density at radius 2 is 1.74 bits per heavy atom. The average Bonchev–Trinajstić information content (AvgIpc) is 2.79. The van der Waals surface area contributed by atoms with Gasteiger partial charge >= 0.3 is 0 Å². The maximum Gasteiger partial charge on any atom is 0.251 e. The molecule has 0 radical (unpaired) electrons. The number of carbonyl (C=O) groups is 2. The van der Waals surface area contributed by atoms with Crippen molar-refractivity contribution in [2.45, 2.75) is 11.3 Å². The molecule has 2 N–H and O–H groups in total. The Labute approximate surface area is 180 Å². The molecule has 0 saturated carbocycles. The summed E-state index contributed by atoms with van der Waals surface area (Å²) in [4.78, 5) is 23.8. The first-order chi connectivity index (χ1) is 14.9. The van der Waals surface area contributed by atoms with Crippen LogP contribution in [-0.2, 0) is 26.0 Å². The number of morpholine rings is 1. The third-order valence-electron chi connectivity index (χ3n) is 4.77. The third kappa shape index (κ3) is 6.09. The molecule has 0 atom stereocenters. The summed E-state index contributed by atoms with van der Waals surface area (Å²) in [6.45, 7) is 0.803. The first-order valence-electron chi connectivity index (χ1n) is 9.84. The average molecular weight is 450 g/mol. The number of nitrogens with zero attached hydrogens (tertiary/aromatic N) is 1. The van der Waals surface area contributed by atoms with Crippen molar-refractivity contribution in [1.29, 1.82) is 0 Å². The standard InChI is InChI=1S/C21H24FN3O5S/c22-18-7-6-17(14-19(18)31(28,29)25-10-12-30-13-11-25)21(27)24-15-20(26)23-9-8-16-4-2-1-3-5-16/h1-7,14H,8-13,15H2,(H,23,26)(H,24,27). The number of benzene rings is 2. The molecule has 0 unspecified atom stereocenters. The fraction of sp³-hybridized carbons (Fsp3) is 0.333. The van der Waals surface area contributed by atoms with Crippen molar-refractivity contribution >= 4 is 21.8 Å². The Balaban J connectivity index is 1.56. The van der Waals surface area contributed by atoms with Gasteiger partial charge in [0.2, 0.25) is 15.9 Å². The maximum absolute atomic E-state index is 14.2. The zero-order valence-corrected chi connectivity index (χ0v) is 17.7. The molecular formula is C21H24FN3O5S. The van der Waals surface area contributed by atoms with Crippen LogP contribution in [0.5, 0.6) is 0 Å². The highest BCUT2D eigenvalue weighted by Gasteiger charge is 2.29. The molecule has 31 heavy (non-hydrogen) atoms. The third-order valence-corrected chi connectivity index (χ3v) is 6.68. The van der Waals surface area contributed by atoms with Gasteiger partial charge in [0.15, 0.2) is 0 Å². The van der Waals surface area contributed by atoms with Crippen molar-refractivity contribution in [3.8, 4) is 0 Å². The fourth-order valence-electron chi connectivity index (χ4n) is 3.08. The van der Waals surface area contributed by atoms with E-state index in [1.807, 2.05) is 30.3 Å². The predicted molar refractivity (Wildman–Crippen MR) is 111 cm³/mol. The van der Waals surface area contributed by atoms with Crippen LogP contribution in [0.15, 0.2) is 53.4 Å². The molecule has 2 amide bonds. The number of hydrogen-bond donors (Lipinski definition) is 2. The number of amides is 2. The molecule has 1 heterocycles. The number of sulfonamides is 1. The van der Waals surface area contributed by atoms with Crippen LogP contribution in [0, 0.1) is 5.82 Å². The molecule has 0 aliphatic carbocycles. The maximum atomic E-state index is 14.2. The number of ether oxygens (including phenoxy) is 1. The van der Waals surface area contributed by atoms with Gasteiger partial charge in [0.25, 0.3) is 5.91 Å². The van der Waals surface area contributed by atoms with Gasteiger partial charge in [0, 0.05) is 25.2 Å². The number of carbonyl (C=O) groups excluding carboxylic acids is 2. The van der Waals surface area contributed by atoms with Crippen LogP contribution < -0.4 is 10.6 Å². The van der Waals surface area contributed by atoms with Gasteiger partial charge in [-0.05, 0) is 30.2 Å². The van der Waals surface area contributed by atoms with Crippen molar-refractivity contribution in [3.05, 3.63) is 65.5 Å². The van der Waals surface area contributed by atoms with Gasteiger partial charge < -0.3 is 15.4 Å². The quantitative estimate of drug-likeness (QED) is 0.624. The zero-order valence-electron chi connectivity index (χ0n) is 16.8. The Kier molecular flexibility index (Phi) is 7.72. The number of rotatable bonds is 8. The monoisotopic (exact) mass is 449 g/mol. The molecule has 3 rings (SSSR count). The lowest BCUT2D eigenvalue weighted by Crippen LogP contribution is -2.41. The van der Waals surface area contributed by atoms with E-state index in [1.165, 1.54) is 6.07 Å². The summed E-state index contributed by atoms with van der Waals surface area (Å²) >= 11 is 0. The molecular weight excluding hydrogens is 425 g/mol. The number of halogens is 1. The van der Waals surface area contributed by atoms with E-state index in [0.717, 1.165) is 22.0 Å². The molecule has 8 nitrogen and oxygen atoms in total. The van der Waals surface area contributed by atoms with Crippen molar-refractivity contribution in [2.75, 3.05) is 39.4 Å². The molecule has 0 spiro atoms. The highest BCUT2D eigenvalue weighted by molar-refractivity contribution is 7.89. The van der Waals surface area contributed by atoms with Crippen molar-refractivity contribution in [1.82, 2.24) is 14.9 Å². The lowest BCUT2D eigenvalue weighted by molar-refractivity contribution is -0.120. The lowest BCUT2D eigenvalue weighted by atomic mass is 10.1. The summed E-state index contributed by atoms with van der Waals surface area (Å²) in [5.74, 6) is -1.99. The Morgan fingerprint density at radius 1 is 1.03 bits per heavy atom. The topological polar surface area (TPSA) is 105 Å². The molecule has 1 fully saturated rings. The molecule has 1 aliphatic rings. The van der Waals surface area contributed by atoms with Crippen molar-refractivity contribution < 1.29 is 27.1 Å². The molecule has 166 valence electrons. The number of nitrogens with one attached hydrogen (secondary N) is 2. The van der Waals surface area contributed by atoms with Gasteiger partial charge in [-0.2, -0.15) is 4.31 Å². The molecule has 2 aromatic carbocycles. The Bertz CT molecular complexity index is 1020. The van der Waals surface area contributed by atoms with E-state index in [-0.39, 0.29) is 44.3 Å². The fourth-order valence-corrected chi connectivity index (χ4v) is 4.58. The second-order valence-corrected chi connectivity index (χ2v) is 8.84. The summed E-state index contributed by atoms with van der Waals surface area (Å²) in [6.07, 6.45) is 0.654. The smallest absolute Gasteiger partial charge is 0.251 e. The predicted octanol–water partition coefficient (Wildman–Crippen LogP) is 0.935. The minimum atomic E-state index is -4.10. The summed E-state index contributed by atoms with van der Waals surface area (Å²) in [5, 5.41) is 5.12. The van der Waals surface area contributed by atoms with E-state index in [2.05, 4.69) is 10.6 Å². The van der Waals surface area contributed by atoms with Crippen LogP contribution in [-0.4, -0.2) is 63.9 Å². The Morgan fingerprint density at radius 3 is 2.45 bits per heavy atom. The first kappa shape index (κ1) is 22.9. The molecule has 2 aromatic rings. The summed E-state index contributed by atoms with van der Waals surface area (Å²) in [7, 11) is -4.10. The van der Waals surface area contributed by atoms with E-state index < -0.39 is 26.6 Å². The van der Waals surface area contributed by atoms with E-state index in [9.17, 15) is 22.4 Å². The normalized spacial score (nSPS) is 14.7. The minimum Gasteiger partial charge on any atom is -0.379 e. The van der Waals surface area contributed by atoms with E-state index in [0.29, 0.717) is 13.0 Å². The second-order valence-electron chi connectivity index (χ2n) is 6.93. The molecule has 10 heteroatoms. The van der Waals surface area contributed by atoms with Crippen LogP contribution in [0.1, 0.15) is 15.9 Å². The first-order valence-corrected chi connectivity index (χ1v) is 11.3. The summed E-state index contributed by atoms with van der Waals surface area (Å²) in [5.41, 5.74) is 1.03.